The molecule has 0 bridgehead atoms. The Morgan fingerprint density at radius 2 is 2.00 bits per heavy atom. The molecule has 1 aromatic heterocycles. The van der Waals surface area contributed by atoms with Crippen molar-refractivity contribution < 1.29 is 0 Å². The molecule has 1 aromatic carbocycles. The minimum Gasteiger partial charge on any atom is -0.247 e. The van der Waals surface area contributed by atoms with Crippen molar-refractivity contribution in [2.75, 3.05) is 0 Å². The first-order valence-electron chi connectivity index (χ1n) is 5.33. The molecule has 0 N–H and O–H groups in total. The Kier molecular flexibility index (Phi) is 3.79. The number of aromatic nitrogens is 1. The standard InChI is InChI=1S/C14H12N2S/c1-11-7-13(9-15)8-14(16-11)17-10-12-5-3-2-4-6-12/h2-8H,10H2,1H3. The van der Waals surface area contributed by atoms with Crippen molar-refractivity contribution in [3.05, 3.63) is 59.3 Å². The molecule has 1 heterocycles. The number of benzene rings is 1. The molecule has 0 spiro atoms. The molecule has 84 valence electrons. The van der Waals surface area contributed by atoms with E-state index in [4.69, 9.17) is 5.26 Å². The molecular weight excluding hydrogens is 228 g/mol. The average Bonchev–Trinajstić information content (AvgIpc) is 2.37. The summed E-state index contributed by atoms with van der Waals surface area (Å²) in [6.07, 6.45) is 0. The fraction of sp³-hybridized carbons (Fsp3) is 0.143. The van der Waals surface area contributed by atoms with Crippen LogP contribution in [-0.2, 0) is 5.75 Å². The van der Waals surface area contributed by atoms with Gasteiger partial charge in [-0.1, -0.05) is 30.3 Å². The summed E-state index contributed by atoms with van der Waals surface area (Å²) in [6.45, 7) is 1.91. The highest BCUT2D eigenvalue weighted by molar-refractivity contribution is 7.98. The van der Waals surface area contributed by atoms with Gasteiger partial charge in [-0.05, 0) is 24.6 Å². The second-order valence-electron chi connectivity index (χ2n) is 3.72. The molecule has 0 aliphatic rings. The number of hydrogen-bond acceptors (Lipinski definition) is 3. The van der Waals surface area contributed by atoms with E-state index in [0.717, 1.165) is 16.5 Å². The molecule has 0 amide bonds. The summed E-state index contributed by atoms with van der Waals surface area (Å²) < 4.78 is 0. The van der Waals surface area contributed by atoms with Gasteiger partial charge in [0.15, 0.2) is 0 Å². The van der Waals surface area contributed by atoms with Crippen molar-refractivity contribution in [1.29, 1.82) is 5.26 Å². The minimum absolute atomic E-state index is 0.674. The third-order valence-corrected chi connectivity index (χ3v) is 3.27. The van der Waals surface area contributed by atoms with Gasteiger partial charge in [0.25, 0.3) is 0 Å². The van der Waals surface area contributed by atoms with E-state index >= 15 is 0 Å². The largest absolute Gasteiger partial charge is 0.247 e. The zero-order chi connectivity index (χ0) is 12.1. The number of nitriles is 1. The third-order valence-electron chi connectivity index (χ3n) is 2.29. The van der Waals surface area contributed by atoms with Crippen LogP contribution in [0.15, 0.2) is 47.5 Å². The van der Waals surface area contributed by atoms with Gasteiger partial charge in [0.05, 0.1) is 16.7 Å². The highest BCUT2D eigenvalue weighted by Gasteiger charge is 2.01. The van der Waals surface area contributed by atoms with E-state index in [1.807, 2.05) is 31.2 Å². The van der Waals surface area contributed by atoms with E-state index in [-0.39, 0.29) is 0 Å². The van der Waals surface area contributed by atoms with E-state index in [1.54, 1.807) is 17.8 Å². The van der Waals surface area contributed by atoms with Crippen LogP contribution in [0.25, 0.3) is 0 Å². The maximum absolute atomic E-state index is 8.88. The molecule has 0 fully saturated rings. The lowest BCUT2D eigenvalue weighted by Gasteiger charge is -2.03. The number of hydrogen-bond donors (Lipinski definition) is 0. The highest BCUT2D eigenvalue weighted by atomic mass is 32.2. The molecule has 2 aromatic rings. The predicted molar refractivity (Wildman–Crippen MR) is 69.7 cm³/mol. The van der Waals surface area contributed by atoms with Crippen molar-refractivity contribution in [3.63, 3.8) is 0 Å². The summed E-state index contributed by atoms with van der Waals surface area (Å²) in [4.78, 5) is 4.41. The van der Waals surface area contributed by atoms with Crippen LogP contribution in [0.3, 0.4) is 0 Å². The maximum Gasteiger partial charge on any atom is 0.0993 e. The number of thioether (sulfide) groups is 1. The molecule has 0 saturated carbocycles. The lowest BCUT2D eigenvalue weighted by molar-refractivity contribution is 1.06. The van der Waals surface area contributed by atoms with Crippen LogP contribution in [-0.4, -0.2) is 4.98 Å². The quantitative estimate of drug-likeness (QED) is 0.770. The van der Waals surface area contributed by atoms with E-state index in [1.165, 1.54) is 5.56 Å². The van der Waals surface area contributed by atoms with Crippen LogP contribution in [0, 0.1) is 18.3 Å². The van der Waals surface area contributed by atoms with Crippen molar-refractivity contribution in [1.82, 2.24) is 4.98 Å². The summed E-state index contributed by atoms with van der Waals surface area (Å²) in [6, 6.07) is 16.0. The number of nitrogens with zero attached hydrogens (tertiary/aromatic N) is 2. The fourth-order valence-corrected chi connectivity index (χ4v) is 2.43. The van der Waals surface area contributed by atoms with Gasteiger partial charge in [-0.25, -0.2) is 4.98 Å². The maximum atomic E-state index is 8.88. The number of aryl methyl sites for hydroxylation is 1. The molecule has 0 aliphatic heterocycles. The van der Waals surface area contributed by atoms with Crippen LogP contribution < -0.4 is 0 Å². The van der Waals surface area contributed by atoms with Gasteiger partial charge in [-0.3, -0.25) is 0 Å². The first kappa shape index (κ1) is 11.7. The van der Waals surface area contributed by atoms with Crippen molar-refractivity contribution in [2.45, 2.75) is 17.7 Å². The van der Waals surface area contributed by atoms with Crippen molar-refractivity contribution in [3.8, 4) is 6.07 Å². The molecule has 0 aliphatic carbocycles. The lowest BCUT2D eigenvalue weighted by atomic mass is 10.2. The smallest absolute Gasteiger partial charge is 0.0993 e. The molecular formula is C14H12N2S. The van der Waals surface area contributed by atoms with E-state index < -0.39 is 0 Å². The zero-order valence-electron chi connectivity index (χ0n) is 9.55. The molecule has 3 heteroatoms. The van der Waals surface area contributed by atoms with Crippen LogP contribution in [0.5, 0.6) is 0 Å². The lowest BCUT2D eigenvalue weighted by Crippen LogP contribution is -1.88. The Morgan fingerprint density at radius 3 is 2.71 bits per heavy atom. The molecule has 0 atom stereocenters. The predicted octanol–water partition coefficient (Wildman–Crippen LogP) is 3.55. The SMILES string of the molecule is Cc1cc(C#N)cc(SCc2ccccc2)n1. The third kappa shape index (κ3) is 3.33. The van der Waals surface area contributed by atoms with Gasteiger partial charge in [0.2, 0.25) is 0 Å². The van der Waals surface area contributed by atoms with Crippen LogP contribution >= 0.6 is 11.8 Å². The van der Waals surface area contributed by atoms with Crippen LogP contribution in [0.4, 0.5) is 0 Å². The minimum atomic E-state index is 0.674. The molecule has 17 heavy (non-hydrogen) atoms. The molecule has 0 unspecified atom stereocenters. The zero-order valence-corrected chi connectivity index (χ0v) is 10.4. The Bertz CT molecular complexity index is 544. The van der Waals surface area contributed by atoms with Gasteiger partial charge in [-0.2, -0.15) is 5.26 Å². The van der Waals surface area contributed by atoms with Crippen LogP contribution in [0.2, 0.25) is 0 Å². The first-order valence-corrected chi connectivity index (χ1v) is 6.32. The molecule has 0 saturated heterocycles. The molecule has 2 rings (SSSR count). The number of pyridine rings is 1. The Balaban J connectivity index is 2.10. The summed E-state index contributed by atoms with van der Waals surface area (Å²) in [5.41, 5.74) is 2.83. The number of rotatable bonds is 3. The van der Waals surface area contributed by atoms with Gasteiger partial charge in [-0.15, -0.1) is 11.8 Å². The van der Waals surface area contributed by atoms with Crippen molar-refractivity contribution in [2.24, 2.45) is 0 Å². The second kappa shape index (κ2) is 5.51. The van der Waals surface area contributed by atoms with E-state index in [2.05, 4.69) is 23.2 Å². The highest BCUT2D eigenvalue weighted by Crippen LogP contribution is 2.22. The summed E-state index contributed by atoms with van der Waals surface area (Å²) in [5.74, 6) is 0.877. The summed E-state index contributed by atoms with van der Waals surface area (Å²) in [5, 5.41) is 9.79. The van der Waals surface area contributed by atoms with Gasteiger partial charge in [0, 0.05) is 11.4 Å². The molecule has 2 nitrogen and oxygen atoms in total. The van der Waals surface area contributed by atoms with E-state index in [0.29, 0.717) is 5.56 Å². The fourth-order valence-electron chi connectivity index (χ4n) is 1.51. The Morgan fingerprint density at radius 1 is 1.24 bits per heavy atom. The summed E-state index contributed by atoms with van der Waals surface area (Å²) in [7, 11) is 0. The van der Waals surface area contributed by atoms with Crippen molar-refractivity contribution >= 4 is 11.8 Å². The monoisotopic (exact) mass is 240 g/mol. The van der Waals surface area contributed by atoms with E-state index in [9.17, 15) is 0 Å². The first-order chi connectivity index (χ1) is 8.28. The second-order valence-corrected chi connectivity index (χ2v) is 4.72. The molecule has 0 radical (unpaired) electrons. The summed E-state index contributed by atoms with van der Waals surface area (Å²) >= 11 is 1.65. The average molecular weight is 240 g/mol. The topological polar surface area (TPSA) is 36.7 Å². The van der Waals surface area contributed by atoms with Gasteiger partial charge >= 0.3 is 0 Å². The van der Waals surface area contributed by atoms with Gasteiger partial charge < -0.3 is 0 Å². The Labute approximate surface area is 105 Å². The normalized spacial score (nSPS) is 9.88. The van der Waals surface area contributed by atoms with Gasteiger partial charge in [0.1, 0.15) is 0 Å². The van der Waals surface area contributed by atoms with Crippen LogP contribution in [0.1, 0.15) is 16.8 Å². The Hall–Kier alpha value is -1.79.